The van der Waals surface area contributed by atoms with Crippen molar-refractivity contribution in [2.75, 3.05) is 59.3 Å². The Labute approximate surface area is 437 Å². The van der Waals surface area contributed by atoms with Crippen LogP contribution >= 0.6 is 0 Å². The largest absolute Gasteiger partial charge is 0.462 e. The van der Waals surface area contributed by atoms with Gasteiger partial charge in [0.05, 0.1) is 72.3 Å². The van der Waals surface area contributed by atoms with Crippen LogP contribution in [0.5, 0.6) is 0 Å². The van der Waals surface area contributed by atoms with Crippen LogP contribution in [0.15, 0.2) is 90.8 Å². The van der Waals surface area contributed by atoms with Crippen molar-refractivity contribution in [3.8, 4) is 5.69 Å². The highest BCUT2D eigenvalue weighted by molar-refractivity contribution is 5.91. The lowest BCUT2D eigenvalue weighted by atomic mass is 9.79. The SMILES string of the molecule is CC[C@H]1OC(=O)C[C@@H](O)[C@H](C)[C@@H](O[C@@H]2O[C@H](C)[C@@H](O)[C@H](N(C)C)[C@H]2O)[C@@H](CCN(Cc2ccc(N(C)C)cc2)Cc2cn(-c3cnc4ccccc4c3)nn2)C[C@@H](C)C(=O)/C=C/C(C)=C/[C@@H]1CN1CCC(O)CC1. The van der Waals surface area contributed by atoms with Crippen molar-refractivity contribution in [1.29, 1.82) is 0 Å². The highest BCUT2D eigenvalue weighted by atomic mass is 16.7. The number of esters is 1. The van der Waals surface area contributed by atoms with E-state index in [9.17, 15) is 30.0 Å². The van der Waals surface area contributed by atoms with E-state index in [4.69, 9.17) is 14.2 Å². The number of nitrogens with zero attached hydrogens (tertiary/aromatic N) is 8. The Balaban J connectivity index is 1.23. The number of benzene rings is 2. The number of hydrogen-bond donors (Lipinski definition) is 4. The number of rotatable bonds is 15. The number of pyridine rings is 1. The minimum Gasteiger partial charge on any atom is -0.462 e. The highest BCUT2D eigenvalue weighted by Crippen LogP contribution is 2.35. The monoisotopic (exact) mass is 1020 g/mol. The lowest BCUT2D eigenvalue weighted by Gasteiger charge is -2.46. The molecule has 3 aliphatic heterocycles. The minimum absolute atomic E-state index is 0.0715. The fraction of sp³-hybridized carbons (Fsp3) is 0.596. The number of ketones is 1. The van der Waals surface area contributed by atoms with Crippen LogP contribution in [-0.2, 0) is 36.9 Å². The molecular weight excluding hydrogens is 941 g/mol. The Morgan fingerprint density at radius 3 is 2.34 bits per heavy atom. The summed E-state index contributed by atoms with van der Waals surface area (Å²) < 4.78 is 21.2. The maximum Gasteiger partial charge on any atom is 0.308 e. The number of carbonyl (C=O) groups is 2. The third-order valence-corrected chi connectivity index (χ3v) is 15.4. The molecule has 2 aromatic carbocycles. The number of allylic oxidation sites excluding steroid dienone is 3. The van der Waals surface area contributed by atoms with E-state index in [-0.39, 0.29) is 24.2 Å². The molecule has 12 atom stereocenters. The van der Waals surface area contributed by atoms with Gasteiger partial charge >= 0.3 is 5.97 Å². The highest BCUT2D eigenvalue weighted by Gasteiger charge is 2.47. The zero-order valence-electron chi connectivity index (χ0n) is 45.0. The summed E-state index contributed by atoms with van der Waals surface area (Å²) in [6, 6.07) is 17.6. The van der Waals surface area contributed by atoms with Gasteiger partial charge in [-0.15, -0.1) is 5.10 Å². The zero-order valence-corrected chi connectivity index (χ0v) is 45.0. The Hall–Kier alpha value is -4.95. The standard InChI is InChI=1S/C57H82N8O9/c1-10-51-43(33-63-25-22-47(66)23-26-63)27-36(2)15-20-49(67)37(3)28-42(56(38(4)50(68)30-52(69)73-51)74-57-55(71)53(62(8)9)54(70)39(5)72-57)21-24-64(32-40-16-18-45(19-17-40)61(6)7)34-44-35-65(60-59-44)46-29-41-13-11-12-14-48(41)58-31-46/h11-20,27,29,31,35,37-39,42-43,47,50-51,53-57,66,68,70-71H,10,21-26,28,30,32-34H2,1-9H3/b20-15+,36-27+/t37-,38+,39-,42+,43-,50-,51-,53+,54-,55-,56-,57+/m1/s1. The molecule has 0 bridgehead atoms. The van der Waals surface area contributed by atoms with Gasteiger partial charge in [-0.2, -0.15) is 0 Å². The van der Waals surface area contributed by atoms with Gasteiger partial charge in [0.1, 0.15) is 12.2 Å². The van der Waals surface area contributed by atoms with Gasteiger partial charge in [-0.05, 0) is 108 Å². The van der Waals surface area contributed by atoms with Gasteiger partial charge in [-0.25, -0.2) is 4.68 Å². The van der Waals surface area contributed by atoms with Crippen LogP contribution in [0.2, 0.25) is 0 Å². The molecule has 0 aliphatic carbocycles. The molecule has 7 rings (SSSR count). The summed E-state index contributed by atoms with van der Waals surface area (Å²) in [5.74, 6) is -2.48. The fourth-order valence-corrected chi connectivity index (χ4v) is 10.9. The van der Waals surface area contributed by atoms with Gasteiger partial charge < -0.3 is 49.3 Å². The average molecular weight is 1020 g/mol. The second kappa shape index (κ2) is 26.2. The van der Waals surface area contributed by atoms with E-state index in [1.54, 1.807) is 42.9 Å². The van der Waals surface area contributed by atoms with Crippen LogP contribution in [0.4, 0.5) is 5.69 Å². The molecular formula is C57H82N8O9. The molecule has 17 nitrogen and oxygen atoms in total. The number of likely N-dealkylation sites (N-methyl/N-ethyl adjacent to an activating group) is 1. The summed E-state index contributed by atoms with van der Waals surface area (Å²) in [7, 11) is 7.57. The van der Waals surface area contributed by atoms with E-state index in [1.807, 2.05) is 84.4 Å². The van der Waals surface area contributed by atoms with Crippen LogP contribution in [0.3, 0.4) is 0 Å². The molecule has 2 fully saturated rings. The van der Waals surface area contributed by atoms with Crippen LogP contribution < -0.4 is 4.90 Å². The number of ether oxygens (including phenoxy) is 3. The second-order valence-electron chi connectivity index (χ2n) is 21.7. The van der Waals surface area contributed by atoms with Crippen molar-refractivity contribution in [3.63, 3.8) is 0 Å². The summed E-state index contributed by atoms with van der Waals surface area (Å²) in [6.45, 7) is 12.9. The number of aliphatic hydroxyl groups excluding tert-OH is 4. The zero-order chi connectivity index (χ0) is 53.2. The molecule has 0 unspecified atom stereocenters. The number of likely N-dealkylation sites (tertiary alicyclic amines) is 1. The number of fused-ring (bicyclic) bond motifs is 1. The molecule has 0 radical (unpaired) electrons. The minimum atomic E-state index is -1.28. The van der Waals surface area contributed by atoms with Crippen molar-refractivity contribution in [2.45, 2.75) is 141 Å². The van der Waals surface area contributed by atoms with E-state index in [1.165, 1.54) is 0 Å². The number of piperidine rings is 1. The molecule has 0 amide bonds. The molecule has 404 valence electrons. The van der Waals surface area contributed by atoms with Gasteiger partial charge in [-0.1, -0.05) is 74.0 Å². The van der Waals surface area contributed by atoms with Gasteiger partial charge in [0.25, 0.3) is 0 Å². The first-order chi connectivity index (χ1) is 35.4. The summed E-state index contributed by atoms with van der Waals surface area (Å²) in [5.41, 5.74) is 5.41. The molecule has 4 N–H and O–H groups in total. The Morgan fingerprint density at radius 1 is 0.905 bits per heavy atom. The first-order valence-electron chi connectivity index (χ1n) is 26.6. The molecule has 0 saturated carbocycles. The van der Waals surface area contributed by atoms with E-state index < -0.39 is 72.7 Å². The number of carbonyl (C=O) groups excluding carboxylic acids is 2. The first-order valence-corrected chi connectivity index (χ1v) is 26.6. The van der Waals surface area contributed by atoms with Crippen molar-refractivity contribution in [3.05, 3.63) is 102 Å². The van der Waals surface area contributed by atoms with E-state index in [0.29, 0.717) is 58.3 Å². The van der Waals surface area contributed by atoms with Crippen molar-refractivity contribution in [1.82, 2.24) is 34.7 Å². The molecule has 2 saturated heterocycles. The van der Waals surface area contributed by atoms with E-state index in [2.05, 4.69) is 60.3 Å². The molecule has 17 heteroatoms. The molecule has 4 aromatic rings. The van der Waals surface area contributed by atoms with Gasteiger partial charge in [0.2, 0.25) is 0 Å². The van der Waals surface area contributed by atoms with Crippen molar-refractivity contribution >= 4 is 28.3 Å². The average Bonchev–Trinajstić information content (AvgIpc) is 3.85. The summed E-state index contributed by atoms with van der Waals surface area (Å²) in [6.07, 6.45) is 4.43. The molecule has 74 heavy (non-hydrogen) atoms. The fourth-order valence-electron chi connectivity index (χ4n) is 10.9. The lowest BCUT2D eigenvalue weighted by molar-refractivity contribution is -0.304. The van der Waals surface area contributed by atoms with Crippen molar-refractivity contribution < 1.29 is 44.2 Å². The van der Waals surface area contributed by atoms with E-state index in [0.717, 1.165) is 52.2 Å². The first kappa shape index (κ1) is 56.8. The normalized spacial score (nSPS) is 30.6. The number of anilines is 1. The lowest BCUT2D eigenvalue weighted by Crippen LogP contribution is -2.63. The number of cyclic esters (lactones) is 1. The number of aliphatic hydroxyl groups is 4. The Kier molecular flexibility index (Phi) is 20.1. The van der Waals surface area contributed by atoms with Crippen LogP contribution in [0, 0.1) is 23.7 Å². The number of aromatic nitrogens is 4. The topological polar surface area (TPSA) is 199 Å². The maximum atomic E-state index is 14.3. The maximum absolute atomic E-state index is 14.3. The third-order valence-electron chi connectivity index (χ3n) is 15.4. The second-order valence-corrected chi connectivity index (χ2v) is 21.7. The van der Waals surface area contributed by atoms with Gasteiger partial charge in [0, 0.05) is 75.6 Å². The number of para-hydroxylation sites is 1. The number of hydrogen-bond acceptors (Lipinski definition) is 16. The Morgan fingerprint density at radius 2 is 1.64 bits per heavy atom. The molecule has 2 aromatic heterocycles. The van der Waals surface area contributed by atoms with Gasteiger partial charge in [0.15, 0.2) is 12.1 Å². The third kappa shape index (κ3) is 14.9. The summed E-state index contributed by atoms with van der Waals surface area (Å²) >= 11 is 0. The molecule has 0 spiro atoms. The smallest absolute Gasteiger partial charge is 0.308 e. The van der Waals surface area contributed by atoms with Crippen molar-refractivity contribution in [2.24, 2.45) is 23.7 Å². The van der Waals surface area contributed by atoms with Gasteiger partial charge in [-0.3, -0.25) is 19.5 Å². The predicted molar refractivity (Wildman–Crippen MR) is 285 cm³/mol. The summed E-state index contributed by atoms with van der Waals surface area (Å²) in [5, 5.41) is 55.7. The Bertz CT molecular complexity index is 2490. The van der Waals surface area contributed by atoms with Crippen LogP contribution in [0.1, 0.15) is 84.4 Å². The molecule has 3 aliphatic rings. The van der Waals surface area contributed by atoms with Crippen LogP contribution in [0.25, 0.3) is 16.6 Å². The summed E-state index contributed by atoms with van der Waals surface area (Å²) in [4.78, 5) is 41.4. The van der Waals surface area contributed by atoms with E-state index >= 15 is 0 Å². The van der Waals surface area contributed by atoms with Crippen LogP contribution in [-0.4, -0.2) is 176 Å². The quantitative estimate of drug-likeness (QED) is 0.108. The predicted octanol–water partition coefficient (Wildman–Crippen LogP) is 5.57. The molecule has 5 heterocycles.